The molecule has 4 rings (SSSR count). The van der Waals surface area contributed by atoms with E-state index in [0.29, 0.717) is 23.7 Å². The van der Waals surface area contributed by atoms with E-state index >= 15 is 0 Å². The van der Waals surface area contributed by atoms with Gasteiger partial charge < -0.3 is 19.2 Å². The van der Waals surface area contributed by atoms with E-state index in [4.69, 9.17) is 13.9 Å². The highest BCUT2D eigenvalue weighted by Crippen LogP contribution is 2.39. The van der Waals surface area contributed by atoms with Crippen LogP contribution in [0.5, 0.6) is 11.5 Å². The van der Waals surface area contributed by atoms with Crippen molar-refractivity contribution in [3.05, 3.63) is 65.4 Å². The van der Waals surface area contributed by atoms with Crippen LogP contribution >= 0.6 is 0 Å². The number of carbonyl (C=O) groups is 3. The summed E-state index contributed by atoms with van der Waals surface area (Å²) >= 11 is 0. The molecular formula is C23H22N4O6. The van der Waals surface area contributed by atoms with Gasteiger partial charge in [-0.25, -0.2) is 0 Å². The molecule has 2 aromatic carbocycles. The number of aromatic nitrogens is 2. The summed E-state index contributed by atoms with van der Waals surface area (Å²) < 4.78 is 16.3. The molecule has 1 N–H and O–H groups in total. The maximum atomic E-state index is 13.5. The van der Waals surface area contributed by atoms with Crippen molar-refractivity contribution in [2.75, 3.05) is 19.0 Å². The van der Waals surface area contributed by atoms with Crippen LogP contribution in [0.25, 0.3) is 0 Å². The summed E-state index contributed by atoms with van der Waals surface area (Å²) in [6, 6.07) is 9.18. The molecule has 0 radical (unpaired) electrons. The lowest BCUT2D eigenvalue weighted by molar-refractivity contribution is -0.114. The van der Waals surface area contributed by atoms with Gasteiger partial charge in [0.05, 0.1) is 43.0 Å². The smallest absolute Gasteiger partial charge is 0.264 e. The van der Waals surface area contributed by atoms with E-state index in [9.17, 15) is 14.4 Å². The number of carbonyl (C=O) groups excluding carboxylic acids is 3. The molecule has 3 amide bonds. The number of nitrogens with zero attached hydrogens (tertiary/aromatic N) is 3. The Kier molecular flexibility index (Phi) is 6.07. The fourth-order valence-corrected chi connectivity index (χ4v) is 3.86. The lowest BCUT2D eigenvalue weighted by Crippen LogP contribution is -2.35. The number of methoxy groups -OCH3 is 1. The molecule has 1 aliphatic heterocycles. The van der Waals surface area contributed by atoms with Crippen LogP contribution in [0, 0.1) is 0 Å². The molecule has 0 fully saturated rings. The fraction of sp³-hybridized carbons (Fsp3) is 0.261. The molecule has 0 saturated carbocycles. The first-order valence-corrected chi connectivity index (χ1v) is 10.3. The van der Waals surface area contributed by atoms with Crippen molar-refractivity contribution in [1.29, 1.82) is 0 Å². The Hall–Kier alpha value is -4.21. The van der Waals surface area contributed by atoms with E-state index < -0.39 is 17.9 Å². The normalized spacial score (nSPS) is 13.6. The summed E-state index contributed by atoms with van der Waals surface area (Å²) in [6.45, 7) is 3.58. The van der Waals surface area contributed by atoms with E-state index in [0.717, 1.165) is 4.90 Å². The largest absolute Gasteiger partial charge is 0.493 e. The fourth-order valence-electron chi connectivity index (χ4n) is 3.86. The Bertz CT molecular complexity index is 1210. The van der Waals surface area contributed by atoms with Gasteiger partial charge in [-0.05, 0) is 36.8 Å². The van der Waals surface area contributed by atoms with Gasteiger partial charge in [0, 0.05) is 6.92 Å². The molecule has 2 heterocycles. The van der Waals surface area contributed by atoms with E-state index in [2.05, 4.69) is 15.5 Å². The summed E-state index contributed by atoms with van der Waals surface area (Å²) in [4.78, 5) is 39.7. The maximum absolute atomic E-state index is 13.5. The maximum Gasteiger partial charge on any atom is 0.264 e. The second kappa shape index (κ2) is 9.11. The van der Waals surface area contributed by atoms with Crippen molar-refractivity contribution in [3.63, 3.8) is 0 Å². The molecule has 1 atom stereocenters. The van der Waals surface area contributed by atoms with Crippen LogP contribution in [0.2, 0.25) is 0 Å². The van der Waals surface area contributed by atoms with E-state index in [1.165, 1.54) is 20.4 Å². The minimum absolute atomic E-state index is 0.0961. The van der Waals surface area contributed by atoms with Crippen molar-refractivity contribution in [1.82, 2.24) is 15.1 Å². The van der Waals surface area contributed by atoms with Crippen LogP contribution in [0.1, 0.15) is 52.1 Å². The molecule has 0 spiro atoms. The van der Waals surface area contributed by atoms with Gasteiger partial charge in [-0.2, -0.15) is 0 Å². The Morgan fingerprint density at radius 2 is 2.00 bits per heavy atom. The van der Waals surface area contributed by atoms with Crippen LogP contribution in [0.3, 0.4) is 0 Å². The highest BCUT2D eigenvalue weighted by Gasteiger charge is 2.43. The summed E-state index contributed by atoms with van der Waals surface area (Å²) in [5.74, 6) is -0.109. The zero-order valence-electron chi connectivity index (χ0n) is 18.3. The van der Waals surface area contributed by atoms with Gasteiger partial charge >= 0.3 is 0 Å². The number of ether oxygens (including phenoxy) is 2. The third kappa shape index (κ3) is 4.14. The Balaban J connectivity index is 1.80. The predicted molar refractivity (Wildman–Crippen MR) is 116 cm³/mol. The summed E-state index contributed by atoms with van der Waals surface area (Å²) in [5, 5.41) is 10.2. The molecule has 10 heteroatoms. The number of hydrogen-bond donors (Lipinski definition) is 1. The molecule has 10 nitrogen and oxygen atoms in total. The van der Waals surface area contributed by atoms with Gasteiger partial charge in [0.15, 0.2) is 11.5 Å². The first-order chi connectivity index (χ1) is 15.9. The number of nitrogens with one attached hydrogen (secondary N) is 1. The highest BCUT2D eigenvalue weighted by atomic mass is 16.5. The van der Waals surface area contributed by atoms with Crippen LogP contribution < -0.4 is 14.8 Å². The van der Waals surface area contributed by atoms with Crippen LogP contribution in [0.15, 0.2) is 47.2 Å². The average molecular weight is 450 g/mol. The highest BCUT2D eigenvalue weighted by molar-refractivity contribution is 6.24. The first-order valence-electron chi connectivity index (χ1n) is 10.3. The van der Waals surface area contributed by atoms with Crippen LogP contribution in [0.4, 0.5) is 5.69 Å². The molecule has 0 aliphatic carbocycles. The zero-order chi connectivity index (χ0) is 23.5. The molecule has 3 aromatic rings. The van der Waals surface area contributed by atoms with Crippen molar-refractivity contribution in [2.45, 2.75) is 26.3 Å². The van der Waals surface area contributed by atoms with Gasteiger partial charge in [-0.1, -0.05) is 12.1 Å². The number of anilines is 1. The first kappa shape index (κ1) is 22.0. The molecule has 0 unspecified atom stereocenters. The van der Waals surface area contributed by atoms with Gasteiger partial charge in [0.25, 0.3) is 11.8 Å². The summed E-state index contributed by atoms with van der Waals surface area (Å²) in [6.07, 6.45) is 1.28. The average Bonchev–Trinajstić information content (AvgIpc) is 3.39. The molecule has 170 valence electrons. The number of imide groups is 1. The quantitative estimate of drug-likeness (QED) is 0.520. The number of rotatable bonds is 8. The third-order valence-electron chi connectivity index (χ3n) is 5.21. The summed E-state index contributed by atoms with van der Waals surface area (Å²) in [7, 11) is 1.53. The minimum atomic E-state index is -0.770. The summed E-state index contributed by atoms with van der Waals surface area (Å²) in [5.41, 5.74) is 1.25. The van der Waals surface area contributed by atoms with Crippen molar-refractivity contribution in [3.8, 4) is 11.5 Å². The van der Waals surface area contributed by atoms with Gasteiger partial charge in [0.2, 0.25) is 18.2 Å². The molecular weight excluding hydrogens is 428 g/mol. The lowest BCUT2D eigenvalue weighted by atomic mass is 10.0. The van der Waals surface area contributed by atoms with Crippen molar-refractivity contribution in [2.24, 2.45) is 0 Å². The van der Waals surface area contributed by atoms with Gasteiger partial charge in [0.1, 0.15) is 0 Å². The molecule has 1 aromatic heterocycles. The van der Waals surface area contributed by atoms with Crippen molar-refractivity contribution < 1.29 is 28.3 Å². The second-order valence-electron chi connectivity index (χ2n) is 7.29. The second-order valence-corrected chi connectivity index (χ2v) is 7.29. The van der Waals surface area contributed by atoms with E-state index in [1.807, 2.05) is 6.92 Å². The number of benzene rings is 2. The van der Waals surface area contributed by atoms with Crippen LogP contribution in [-0.4, -0.2) is 46.5 Å². The molecule has 1 aliphatic rings. The van der Waals surface area contributed by atoms with E-state index in [1.54, 1.807) is 36.4 Å². The minimum Gasteiger partial charge on any atom is -0.493 e. The number of hydrogen-bond acceptors (Lipinski definition) is 8. The van der Waals surface area contributed by atoms with Gasteiger partial charge in [-0.15, -0.1) is 10.2 Å². The molecule has 0 saturated heterocycles. The standard InChI is InChI=1S/C23H22N4O6/c1-4-32-19-10-14(8-9-18(19)31-3)17(11-20-26-24-12-33-20)27-22(29)15-6-5-7-16(25-13(2)28)21(15)23(27)30/h5-10,12,17H,4,11H2,1-3H3,(H,25,28)/t17-/m0/s1. The SMILES string of the molecule is CCOc1cc([C@H](Cc2nnco2)N2C(=O)c3cccc(NC(C)=O)c3C2=O)ccc1OC. The lowest BCUT2D eigenvalue weighted by Gasteiger charge is -2.26. The van der Waals surface area contributed by atoms with Crippen LogP contribution in [-0.2, 0) is 11.2 Å². The Labute approximate surface area is 189 Å². The number of fused-ring (bicyclic) bond motifs is 1. The van der Waals surface area contributed by atoms with E-state index in [-0.39, 0.29) is 35.0 Å². The zero-order valence-corrected chi connectivity index (χ0v) is 18.3. The van der Waals surface area contributed by atoms with Crippen molar-refractivity contribution >= 4 is 23.4 Å². The van der Waals surface area contributed by atoms with Gasteiger partial charge in [-0.3, -0.25) is 19.3 Å². The predicted octanol–water partition coefficient (Wildman–Crippen LogP) is 3.02. The molecule has 33 heavy (non-hydrogen) atoms. The number of amides is 3. The third-order valence-corrected chi connectivity index (χ3v) is 5.21. The Morgan fingerprint density at radius 3 is 2.67 bits per heavy atom. The monoisotopic (exact) mass is 450 g/mol. The molecule has 0 bridgehead atoms. The Morgan fingerprint density at radius 1 is 1.18 bits per heavy atom. The topological polar surface area (TPSA) is 124 Å².